The highest BCUT2D eigenvalue weighted by Gasteiger charge is 2.10. The van der Waals surface area contributed by atoms with Gasteiger partial charge in [-0.25, -0.2) is 5.43 Å². The zero-order valence-electron chi connectivity index (χ0n) is 15.7. The molecule has 0 saturated carbocycles. The largest absolute Gasteiger partial charge is 0.484 e. The highest BCUT2D eigenvalue weighted by molar-refractivity contribution is 6.35. The molecule has 0 aliphatic heterocycles. The van der Waals surface area contributed by atoms with Gasteiger partial charge in [-0.15, -0.1) is 0 Å². The summed E-state index contributed by atoms with van der Waals surface area (Å²) in [4.78, 5) is 34.5. The Morgan fingerprint density at radius 2 is 1.68 bits per heavy atom. The van der Waals surface area contributed by atoms with E-state index in [1.54, 1.807) is 31.2 Å². The van der Waals surface area contributed by atoms with Crippen LogP contribution in [0, 0.1) is 6.92 Å². The molecule has 2 aromatic carbocycles. The standard InChI is InChI=1S/C20H22N4O4/c1-3-21-19(26)20(27)24-22-12-15-6-10-17(11-7-15)28-13-18(25)23-16-8-4-14(2)5-9-16/h4-12H,3,13H2,1-2H3,(H,21,26)(H,23,25)(H,24,27)/b22-12-. The van der Waals surface area contributed by atoms with Crippen molar-refractivity contribution < 1.29 is 19.1 Å². The summed E-state index contributed by atoms with van der Waals surface area (Å²) in [5.41, 5.74) is 4.64. The van der Waals surface area contributed by atoms with Crippen molar-refractivity contribution in [3.63, 3.8) is 0 Å². The molecule has 146 valence electrons. The van der Waals surface area contributed by atoms with Crippen molar-refractivity contribution in [3.8, 4) is 5.75 Å². The van der Waals surface area contributed by atoms with E-state index in [9.17, 15) is 14.4 Å². The van der Waals surface area contributed by atoms with Crippen LogP contribution >= 0.6 is 0 Å². The monoisotopic (exact) mass is 382 g/mol. The molecule has 0 spiro atoms. The highest BCUT2D eigenvalue weighted by atomic mass is 16.5. The molecule has 0 aliphatic rings. The summed E-state index contributed by atoms with van der Waals surface area (Å²) in [6.45, 7) is 3.93. The highest BCUT2D eigenvalue weighted by Crippen LogP contribution is 2.12. The van der Waals surface area contributed by atoms with Crippen molar-refractivity contribution in [1.29, 1.82) is 0 Å². The van der Waals surface area contributed by atoms with E-state index in [4.69, 9.17) is 4.74 Å². The molecule has 0 atom stereocenters. The van der Waals surface area contributed by atoms with E-state index in [1.165, 1.54) is 6.21 Å². The summed E-state index contributed by atoms with van der Waals surface area (Å²) in [5, 5.41) is 8.83. The van der Waals surface area contributed by atoms with Crippen LogP contribution < -0.4 is 20.8 Å². The number of benzene rings is 2. The number of carbonyl (C=O) groups is 3. The number of hydrogen-bond donors (Lipinski definition) is 3. The van der Waals surface area contributed by atoms with Gasteiger partial charge in [0.2, 0.25) is 0 Å². The van der Waals surface area contributed by atoms with Gasteiger partial charge in [0.15, 0.2) is 6.61 Å². The van der Waals surface area contributed by atoms with Gasteiger partial charge in [0.05, 0.1) is 6.21 Å². The predicted octanol–water partition coefficient (Wildman–Crippen LogP) is 1.60. The van der Waals surface area contributed by atoms with E-state index in [-0.39, 0.29) is 12.5 Å². The van der Waals surface area contributed by atoms with Gasteiger partial charge in [0.25, 0.3) is 5.91 Å². The Balaban J connectivity index is 1.78. The van der Waals surface area contributed by atoms with Crippen LogP contribution in [0.25, 0.3) is 0 Å². The van der Waals surface area contributed by atoms with Gasteiger partial charge in [-0.2, -0.15) is 5.10 Å². The van der Waals surface area contributed by atoms with Crippen molar-refractivity contribution >= 4 is 29.6 Å². The molecule has 3 amide bonds. The summed E-state index contributed by atoms with van der Waals surface area (Å²) in [6.07, 6.45) is 1.39. The SMILES string of the molecule is CCNC(=O)C(=O)N/N=C\c1ccc(OCC(=O)Nc2ccc(C)cc2)cc1. The number of hydrazone groups is 1. The number of nitrogens with zero attached hydrogens (tertiary/aromatic N) is 1. The van der Waals surface area contributed by atoms with Gasteiger partial charge in [-0.1, -0.05) is 17.7 Å². The molecule has 2 rings (SSSR count). The fourth-order valence-corrected chi connectivity index (χ4v) is 2.09. The topological polar surface area (TPSA) is 109 Å². The summed E-state index contributed by atoms with van der Waals surface area (Å²) >= 11 is 0. The normalized spacial score (nSPS) is 10.4. The smallest absolute Gasteiger partial charge is 0.329 e. The van der Waals surface area contributed by atoms with E-state index in [0.717, 1.165) is 5.56 Å². The summed E-state index contributed by atoms with van der Waals surface area (Å²) in [6, 6.07) is 14.2. The first-order chi connectivity index (χ1) is 13.5. The summed E-state index contributed by atoms with van der Waals surface area (Å²) in [5.74, 6) is -1.32. The van der Waals surface area contributed by atoms with Crippen LogP contribution in [0.4, 0.5) is 5.69 Å². The first-order valence-corrected chi connectivity index (χ1v) is 8.68. The molecule has 0 heterocycles. The van der Waals surface area contributed by atoms with Crippen molar-refractivity contribution in [2.45, 2.75) is 13.8 Å². The van der Waals surface area contributed by atoms with Crippen LogP contribution in [0.2, 0.25) is 0 Å². The minimum absolute atomic E-state index is 0.121. The molecular weight excluding hydrogens is 360 g/mol. The zero-order chi connectivity index (χ0) is 20.4. The number of amides is 3. The number of hydrogen-bond acceptors (Lipinski definition) is 5. The average molecular weight is 382 g/mol. The van der Waals surface area contributed by atoms with Crippen LogP contribution in [-0.4, -0.2) is 37.1 Å². The van der Waals surface area contributed by atoms with E-state index in [2.05, 4.69) is 21.2 Å². The number of aryl methyl sites for hydroxylation is 1. The van der Waals surface area contributed by atoms with E-state index in [0.29, 0.717) is 23.5 Å². The quantitative estimate of drug-likeness (QED) is 0.384. The lowest BCUT2D eigenvalue weighted by Crippen LogP contribution is -2.37. The van der Waals surface area contributed by atoms with Crippen molar-refractivity contribution in [2.75, 3.05) is 18.5 Å². The maximum atomic E-state index is 11.9. The molecule has 0 unspecified atom stereocenters. The molecule has 2 aromatic rings. The molecule has 28 heavy (non-hydrogen) atoms. The molecule has 0 aromatic heterocycles. The first-order valence-electron chi connectivity index (χ1n) is 8.68. The van der Waals surface area contributed by atoms with Gasteiger partial charge >= 0.3 is 11.8 Å². The molecular formula is C20H22N4O4. The first kappa shape index (κ1) is 20.6. The Morgan fingerprint density at radius 3 is 2.32 bits per heavy atom. The van der Waals surface area contributed by atoms with Gasteiger partial charge in [-0.3, -0.25) is 14.4 Å². The third-order valence-electron chi connectivity index (χ3n) is 3.51. The second-order valence-corrected chi connectivity index (χ2v) is 5.83. The number of ether oxygens (including phenoxy) is 1. The van der Waals surface area contributed by atoms with Crippen molar-refractivity contribution in [2.24, 2.45) is 5.10 Å². The van der Waals surface area contributed by atoms with E-state index in [1.807, 2.05) is 31.2 Å². The second kappa shape index (κ2) is 10.5. The second-order valence-electron chi connectivity index (χ2n) is 5.83. The van der Waals surface area contributed by atoms with Crippen LogP contribution in [0.1, 0.15) is 18.1 Å². The van der Waals surface area contributed by atoms with E-state index >= 15 is 0 Å². The van der Waals surface area contributed by atoms with E-state index < -0.39 is 11.8 Å². The van der Waals surface area contributed by atoms with Crippen LogP contribution in [0.5, 0.6) is 5.75 Å². The lowest BCUT2D eigenvalue weighted by Gasteiger charge is -2.08. The molecule has 0 bridgehead atoms. The average Bonchev–Trinajstić information content (AvgIpc) is 2.69. The lowest BCUT2D eigenvalue weighted by molar-refractivity contribution is -0.139. The summed E-state index contributed by atoms with van der Waals surface area (Å²) < 4.78 is 5.44. The maximum absolute atomic E-state index is 11.9. The maximum Gasteiger partial charge on any atom is 0.329 e. The predicted molar refractivity (Wildman–Crippen MR) is 106 cm³/mol. The number of carbonyl (C=O) groups excluding carboxylic acids is 3. The lowest BCUT2D eigenvalue weighted by atomic mass is 10.2. The molecule has 0 fully saturated rings. The molecule has 3 N–H and O–H groups in total. The molecule has 8 heteroatoms. The van der Waals surface area contributed by atoms with Crippen LogP contribution in [-0.2, 0) is 14.4 Å². The third-order valence-corrected chi connectivity index (χ3v) is 3.51. The third kappa shape index (κ3) is 6.91. The Labute approximate surface area is 163 Å². The fraction of sp³-hybridized carbons (Fsp3) is 0.200. The van der Waals surface area contributed by atoms with Gasteiger partial charge in [-0.05, 0) is 55.8 Å². The van der Waals surface area contributed by atoms with Crippen LogP contribution in [0.3, 0.4) is 0 Å². The molecule has 8 nitrogen and oxygen atoms in total. The number of likely N-dealkylation sites (N-methyl/N-ethyl adjacent to an activating group) is 1. The fourth-order valence-electron chi connectivity index (χ4n) is 2.09. The Kier molecular flexibility index (Phi) is 7.71. The molecule has 0 radical (unpaired) electrons. The molecule has 0 saturated heterocycles. The van der Waals surface area contributed by atoms with Crippen molar-refractivity contribution in [3.05, 3.63) is 59.7 Å². The summed E-state index contributed by atoms with van der Waals surface area (Å²) in [7, 11) is 0. The number of rotatable bonds is 7. The Hall–Kier alpha value is -3.68. The van der Waals surface area contributed by atoms with Crippen LogP contribution in [0.15, 0.2) is 53.6 Å². The Morgan fingerprint density at radius 1 is 1.00 bits per heavy atom. The van der Waals surface area contributed by atoms with Crippen molar-refractivity contribution in [1.82, 2.24) is 10.7 Å². The minimum atomic E-state index is -0.836. The number of anilines is 1. The minimum Gasteiger partial charge on any atom is -0.484 e. The van der Waals surface area contributed by atoms with Gasteiger partial charge in [0.1, 0.15) is 5.75 Å². The van der Waals surface area contributed by atoms with Gasteiger partial charge in [0, 0.05) is 12.2 Å². The Bertz CT molecular complexity index is 846. The van der Waals surface area contributed by atoms with Gasteiger partial charge < -0.3 is 15.4 Å². The molecule has 0 aliphatic carbocycles. The number of nitrogens with one attached hydrogen (secondary N) is 3. The zero-order valence-corrected chi connectivity index (χ0v) is 15.7.